The molecule has 1 fully saturated rings. The third kappa shape index (κ3) is 3.70. The van der Waals surface area contributed by atoms with E-state index < -0.39 is 0 Å². The van der Waals surface area contributed by atoms with Crippen molar-refractivity contribution in [2.24, 2.45) is 0 Å². The van der Waals surface area contributed by atoms with Gasteiger partial charge in [0, 0.05) is 23.4 Å². The average molecular weight is 269 g/mol. The minimum Gasteiger partial charge on any atom is -0.377 e. The van der Waals surface area contributed by atoms with Crippen LogP contribution in [0.5, 0.6) is 0 Å². The van der Waals surface area contributed by atoms with E-state index in [4.69, 9.17) is 16.3 Å². The number of rotatable bonds is 4. The third-order valence-corrected chi connectivity index (χ3v) is 3.24. The Morgan fingerprint density at radius 2 is 2.39 bits per heavy atom. The van der Waals surface area contributed by atoms with Gasteiger partial charge >= 0.3 is 0 Å². The van der Waals surface area contributed by atoms with Gasteiger partial charge in [-0.3, -0.25) is 4.79 Å². The van der Waals surface area contributed by atoms with Crippen molar-refractivity contribution < 1.29 is 9.53 Å². The topological polar surface area (TPSA) is 50.4 Å². The molecule has 0 radical (unpaired) electrons. The van der Waals surface area contributed by atoms with Crippen molar-refractivity contribution in [3.8, 4) is 0 Å². The van der Waals surface area contributed by atoms with E-state index in [1.165, 1.54) is 0 Å². The molecule has 1 aliphatic rings. The molecule has 2 atom stereocenters. The van der Waals surface area contributed by atoms with E-state index in [2.05, 4.69) is 10.6 Å². The second kappa shape index (κ2) is 6.18. The fraction of sp³-hybridized carbons (Fsp3) is 0.462. The molecule has 1 amide bonds. The Bertz CT molecular complexity index is 425. The van der Waals surface area contributed by atoms with Gasteiger partial charge in [-0.15, -0.1) is 0 Å². The van der Waals surface area contributed by atoms with E-state index in [-0.39, 0.29) is 24.6 Å². The average Bonchev–Trinajstić information content (AvgIpc) is 2.72. The molecule has 1 aromatic carbocycles. The predicted octanol–water partition coefficient (Wildman–Crippen LogP) is 2.05. The maximum Gasteiger partial charge on any atom is 0.238 e. The first kappa shape index (κ1) is 13.3. The van der Waals surface area contributed by atoms with Gasteiger partial charge in [0.1, 0.15) is 0 Å². The standard InChI is InChI=1S/C13H17ClN2O2/c1-9-12(5-6-18-9)15-8-13(17)16-11-4-2-3-10(14)7-11/h2-4,7,9,12,15H,5-6,8H2,1H3,(H,16,17). The maximum absolute atomic E-state index is 11.7. The van der Waals surface area contributed by atoms with Crippen LogP contribution in [0.4, 0.5) is 5.69 Å². The molecule has 0 aliphatic carbocycles. The van der Waals surface area contributed by atoms with Gasteiger partial charge in [-0.1, -0.05) is 17.7 Å². The summed E-state index contributed by atoms with van der Waals surface area (Å²) < 4.78 is 5.42. The summed E-state index contributed by atoms with van der Waals surface area (Å²) in [5.41, 5.74) is 0.713. The lowest BCUT2D eigenvalue weighted by Crippen LogP contribution is -2.39. The molecule has 5 heteroatoms. The van der Waals surface area contributed by atoms with Crippen molar-refractivity contribution in [1.82, 2.24) is 5.32 Å². The molecular formula is C13H17ClN2O2. The molecule has 2 unspecified atom stereocenters. The molecule has 0 spiro atoms. The van der Waals surface area contributed by atoms with Crippen molar-refractivity contribution in [1.29, 1.82) is 0 Å². The van der Waals surface area contributed by atoms with Gasteiger partial charge in [-0.25, -0.2) is 0 Å². The van der Waals surface area contributed by atoms with Crippen LogP contribution in [0.15, 0.2) is 24.3 Å². The van der Waals surface area contributed by atoms with Gasteiger partial charge < -0.3 is 15.4 Å². The number of hydrogen-bond acceptors (Lipinski definition) is 3. The molecule has 2 rings (SSSR count). The number of ether oxygens (including phenoxy) is 1. The SMILES string of the molecule is CC1OCCC1NCC(=O)Nc1cccc(Cl)c1. The maximum atomic E-state index is 11.7. The summed E-state index contributed by atoms with van der Waals surface area (Å²) in [6.45, 7) is 3.05. The molecule has 1 aromatic rings. The summed E-state index contributed by atoms with van der Waals surface area (Å²) in [6, 6.07) is 7.37. The highest BCUT2D eigenvalue weighted by Gasteiger charge is 2.23. The zero-order valence-electron chi connectivity index (χ0n) is 10.3. The van der Waals surface area contributed by atoms with Crippen LogP contribution >= 0.6 is 11.6 Å². The van der Waals surface area contributed by atoms with Gasteiger partial charge in [0.05, 0.1) is 12.6 Å². The van der Waals surface area contributed by atoms with Gasteiger partial charge in [-0.05, 0) is 31.5 Å². The normalized spacial score (nSPS) is 23.0. The first-order valence-electron chi connectivity index (χ1n) is 6.05. The molecule has 1 saturated heterocycles. The van der Waals surface area contributed by atoms with E-state index in [0.29, 0.717) is 10.7 Å². The third-order valence-electron chi connectivity index (χ3n) is 3.01. The van der Waals surface area contributed by atoms with Crippen molar-refractivity contribution in [3.63, 3.8) is 0 Å². The minimum atomic E-state index is -0.0728. The van der Waals surface area contributed by atoms with Crippen LogP contribution in [0.2, 0.25) is 5.02 Å². The first-order chi connectivity index (χ1) is 8.65. The minimum absolute atomic E-state index is 0.0728. The molecule has 0 bridgehead atoms. The number of hydrogen-bond donors (Lipinski definition) is 2. The second-order valence-corrected chi connectivity index (χ2v) is 4.85. The Labute approximate surface area is 112 Å². The van der Waals surface area contributed by atoms with Crippen molar-refractivity contribution in [3.05, 3.63) is 29.3 Å². The van der Waals surface area contributed by atoms with Crippen LogP contribution in [-0.4, -0.2) is 31.2 Å². The highest BCUT2D eigenvalue weighted by atomic mass is 35.5. The summed E-state index contributed by atoms with van der Waals surface area (Å²) in [7, 11) is 0. The number of halogens is 1. The summed E-state index contributed by atoms with van der Waals surface area (Å²) in [5, 5.41) is 6.60. The number of nitrogens with one attached hydrogen (secondary N) is 2. The van der Waals surface area contributed by atoms with E-state index in [9.17, 15) is 4.79 Å². The number of amides is 1. The zero-order chi connectivity index (χ0) is 13.0. The van der Waals surface area contributed by atoms with E-state index in [0.717, 1.165) is 13.0 Å². The van der Waals surface area contributed by atoms with E-state index in [1.807, 2.05) is 13.0 Å². The number of benzene rings is 1. The summed E-state index contributed by atoms with van der Waals surface area (Å²) in [4.78, 5) is 11.7. The van der Waals surface area contributed by atoms with Gasteiger partial charge in [0.25, 0.3) is 0 Å². The van der Waals surface area contributed by atoms with Crippen molar-refractivity contribution >= 4 is 23.2 Å². The van der Waals surface area contributed by atoms with Crippen LogP contribution in [-0.2, 0) is 9.53 Å². The van der Waals surface area contributed by atoms with E-state index in [1.54, 1.807) is 18.2 Å². The lowest BCUT2D eigenvalue weighted by atomic mass is 10.1. The Kier molecular flexibility index (Phi) is 4.58. The molecule has 2 N–H and O–H groups in total. The largest absolute Gasteiger partial charge is 0.377 e. The monoisotopic (exact) mass is 268 g/mol. The van der Waals surface area contributed by atoms with Crippen molar-refractivity contribution in [2.45, 2.75) is 25.5 Å². The fourth-order valence-electron chi connectivity index (χ4n) is 1.99. The molecule has 4 nitrogen and oxygen atoms in total. The summed E-state index contributed by atoms with van der Waals surface area (Å²) >= 11 is 5.84. The lowest BCUT2D eigenvalue weighted by molar-refractivity contribution is -0.115. The van der Waals surface area contributed by atoms with Crippen LogP contribution in [0.1, 0.15) is 13.3 Å². The molecule has 1 heterocycles. The first-order valence-corrected chi connectivity index (χ1v) is 6.43. The van der Waals surface area contributed by atoms with Crippen LogP contribution in [0.25, 0.3) is 0 Å². The molecule has 0 aromatic heterocycles. The van der Waals surface area contributed by atoms with Crippen molar-refractivity contribution in [2.75, 3.05) is 18.5 Å². The van der Waals surface area contributed by atoms with Crippen LogP contribution < -0.4 is 10.6 Å². The number of carbonyl (C=O) groups is 1. The van der Waals surface area contributed by atoms with E-state index >= 15 is 0 Å². The summed E-state index contributed by atoms with van der Waals surface area (Å²) in [5.74, 6) is -0.0728. The molecule has 18 heavy (non-hydrogen) atoms. The Balaban J connectivity index is 1.78. The zero-order valence-corrected chi connectivity index (χ0v) is 11.0. The summed E-state index contributed by atoms with van der Waals surface area (Å²) in [6.07, 6.45) is 1.12. The van der Waals surface area contributed by atoms with Crippen LogP contribution in [0, 0.1) is 0 Å². The predicted molar refractivity (Wildman–Crippen MR) is 71.9 cm³/mol. The lowest BCUT2D eigenvalue weighted by Gasteiger charge is -2.15. The Morgan fingerprint density at radius 1 is 1.56 bits per heavy atom. The smallest absolute Gasteiger partial charge is 0.238 e. The fourth-order valence-corrected chi connectivity index (χ4v) is 2.19. The number of anilines is 1. The molecular weight excluding hydrogens is 252 g/mol. The second-order valence-electron chi connectivity index (χ2n) is 4.41. The molecule has 1 aliphatic heterocycles. The molecule has 98 valence electrons. The van der Waals surface area contributed by atoms with Gasteiger partial charge in [0.2, 0.25) is 5.91 Å². The number of carbonyl (C=O) groups excluding carboxylic acids is 1. The highest BCUT2D eigenvalue weighted by molar-refractivity contribution is 6.30. The Hall–Kier alpha value is -1.10. The van der Waals surface area contributed by atoms with Gasteiger partial charge in [-0.2, -0.15) is 0 Å². The van der Waals surface area contributed by atoms with Crippen LogP contribution in [0.3, 0.4) is 0 Å². The molecule has 0 saturated carbocycles. The highest BCUT2D eigenvalue weighted by Crippen LogP contribution is 2.15. The van der Waals surface area contributed by atoms with Gasteiger partial charge in [0.15, 0.2) is 0 Å². The Morgan fingerprint density at radius 3 is 3.06 bits per heavy atom. The quantitative estimate of drug-likeness (QED) is 0.879.